The third-order valence-corrected chi connectivity index (χ3v) is 2.52. The van der Waals surface area contributed by atoms with Crippen LogP contribution in [0.1, 0.15) is 6.92 Å². The van der Waals surface area contributed by atoms with Gasteiger partial charge in [-0.1, -0.05) is 0 Å². The van der Waals surface area contributed by atoms with Gasteiger partial charge in [0.25, 0.3) is 5.91 Å². The molecule has 1 amide bonds. The number of methoxy groups -OCH3 is 2. The molecule has 0 spiro atoms. The summed E-state index contributed by atoms with van der Waals surface area (Å²) in [6.45, 7) is 2.51. The zero-order valence-electron chi connectivity index (χ0n) is 11.4. The van der Waals surface area contributed by atoms with Gasteiger partial charge in [-0.3, -0.25) is 4.79 Å². The molecule has 19 heavy (non-hydrogen) atoms. The minimum atomic E-state index is -0.669. The summed E-state index contributed by atoms with van der Waals surface area (Å²) in [7, 11) is 3.00. The summed E-state index contributed by atoms with van der Waals surface area (Å²) in [5.41, 5.74) is 6.03. The largest absolute Gasteiger partial charge is 0.493 e. The number of benzene rings is 1. The van der Waals surface area contributed by atoms with E-state index in [0.717, 1.165) is 0 Å². The maximum atomic E-state index is 11.8. The molecular formula is C13H20N2O4. The molecule has 1 unspecified atom stereocenters. The van der Waals surface area contributed by atoms with Crippen LogP contribution in [0.25, 0.3) is 0 Å². The van der Waals surface area contributed by atoms with Crippen LogP contribution in [0.3, 0.4) is 0 Å². The quantitative estimate of drug-likeness (QED) is 0.771. The van der Waals surface area contributed by atoms with E-state index in [0.29, 0.717) is 23.8 Å². The fourth-order valence-electron chi connectivity index (χ4n) is 1.56. The fourth-order valence-corrected chi connectivity index (χ4v) is 1.56. The van der Waals surface area contributed by atoms with Crippen LogP contribution in [0.4, 0.5) is 5.69 Å². The van der Waals surface area contributed by atoms with Gasteiger partial charge < -0.3 is 25.3 Å². The Labute approximate surface area is 112 Å². The van der Waals surface area contributed by atoms with Crippen LogP contribution in [0.15, 0.2) is 18.2 Å². The van der Waals surface area contributed by atoms with Gasteiger partial charge in [0.2, 0.25) is 0 Å². The molecule has 0 radical (unpaired) electrons. The van der Waals surface area contributed by atoms with E-state index in [9.17, 15) is 4.79 Å². The lowest BCUT2D eigenvalue weighted by atomic mass is 10.2. The first kappa shape index (κ1) is 15.3. The molecule has 3 N–H and O–H groups in total. The maximum absolute atomic E-state index is 11.8. The highest BCUT2D eigenvalue weighted by Gasteiger charge is 2.16. The van der Waals surface area contributed by atoms with Crippen molar-refractivity contribution in [2.24, 2.45) is 5.73 Å². The lowest BCUT2D eigenvalue weighted by Crippen LogP contribution is -2.35. The second kappa shape index (κ2) is 7.60. The van der Waals surface area contributed by atoms with Crippen LogP contribution in [0, 0.1) is 0 Å². The number of anilines is 1. The predicted molar refractivity (Wildman–Crippen MR) is 72.6 cm³/mol. The second-order valence-corrected chi connectivity index (χ2v) is 3.75. The molecule has 1 atom stereocenters. The highest BCUT2D eigenvalue weighted by Crippen LogP contribution is 2.30. The van der Waals surface area contributed by atoms with Crippen molar-refractivity contribution in [3.63, 3.8) is 0 Å². The van der Waals surface area contributed by atoms with Crippen LogP contribution in [0.2, 0.25) is 0 Å². The average molecular weight is 268 g/mol. The van der Waals surface area contributed by atoms with Crippen LogP contribution >= 0.6 is 0 Å². The van der Waals surface area contributed by atoms with Gasteiger partial charge in [0.05, 0.1) is 13.7 Å². The number of nitrogens with two attached hydrogens (primary N) is 1. The zero-order chi connectivity index (χ0) is 14.3. The van der Waals surface area contributed by atoms with Gasteiger partial charge in [-0.25, -0.2) is 0 Å². The lowest BCUT2D eigenvalue weighted by molar-refractivity contribution is -0.125. The zero-order valence-corrected chi connectivity index (χ0v) is 11.4. The second-order valence-electron chi connectivity index (χ2n) is 3.75. The average Bonchev–Trinajstić information content (AvgIpc) is 2.41. The molecular weight excluding hydrogens is 248 g/mol. The Morgan fingerprint density at radius 1 is 1.37 bits per heavy atom. The SMILES string of the molecule is CCOc1cc(NC(=O)C(CN)OC)ccc1OC. The van der Waals surface area contributed by atoms with E-state index in [1.807, 2.05) is 6.92 Å². The normalized spacial score (nSPS) is 11.8. The van der Waals surface area contributed by atoms with E-state index in [1.165, 1.54) is 7.11 Å². The molecule has 106 valence electrons. The monoisotopic (exact) mass is 268 g/mol. The first-order valence-electron chi connectivity index (χ1n) is 6.00. The van der Waals surface area contributed by atoms with Gasteiger partial charge in [-0.15, -0.1) is 0 Å². The van der Waals surface area contributed by atoms with E-state index >= 15 is 0 Å². The molecule has 0 saturated carbocycles. The van der Waals surface area contributed by atoms with Crippen molar-refractivity contribution in [3.05, 3.63) is 18.2 Å². The molecule has 0 fully saturated rings. The molecule has 1 aromatic rings. The molecule has 0 aliphatic carbocycles. The number of hydrogen-bond donors (Lipinski definition) is 2. The minimum Gasteiger partial charge on any atom is -0.493 e. The van der Waals surface area contributed by atoms with Crippen molar-refractivity contribution < 1.29 is 19.0 Å². The first-order chi connectivity index (χ1) is 9.15. The van der Waals surface area contributed by atoms with Crippen LogP contribution < -0.4 is 20.5 Å². The van der Waals surface area contributed by atoms with Gasteiger partial charge in [0.15, 0.2) is 11.5 Å². The van der Waals surface area contributed by atoms with Gasteiger partial charge in [0, 0.05) is 25.4 Å². The van der Waals surface area contributed by atoms with Crippen molar-refractivity contribution in [3.8, 4) is 11.5 Å². The minimum absolute atomic E-state index is 0.122. The third kappa shape index (κ3) is 4.11. The molecule has 6 nitrogen and oxygen atoms in total. The van der Waals surface area contributed by atoms with Crippen molar-refractivity contribution >= 4 is 11.6 Å². The molecule has 1 rings (SSSR count). The van der Waals surface area contributed by atoms with Crippen molar-refractivity contribution in [1.82, 2.24) is 0 Å². The molecule has 1 aromatic carbocycles. The molecule has 0 saturated heterocycles. The predicted octanol–water partition coefficient (Wildman–Crippen LogP) is 1.01. The summed E-state index contributed by atoms with van der Waals surface area (Å²) in [6.07, 6.45) is -0.669. The van der Waals surface area contributed by atoms with Gasteiger partial charge in [0.1, 0.15) is 6.10 Å². The lowest BCUT2D eigenvalue weighted by Gasteiger charge is -2.15. The van der Waals surface area contributed by atoms with Crippen molar-refractivity contribution in [2.75, 3.05) is 32.7 Å². The van der Waals surface area contributed by atoms with E-state index in [2.05, 4.69) is 5.32 Å². The Kier molecular flexibility index (Phi) is 6.11. The number of carbonyl (C=O) groups is 1. The van der Waals surface area contributed by atoms with Gasteiger partial charge in [-0.05, 0) is 19.1 Å². The van der Waals surface area contributed by atoms with E-state index < -0.39 is 6.10 Å². The summed E-state index contributed by atoms with van der Waals surface area (Å²) in [5, 5.41) is 2.71. The number of hydrogen-bond acceptors (Lipinski definition) is 5. The molecule has 0 bridgehead atoms. The van der Waals surface area contributed by atoms with Crippen molar-refractivity contribution in [1.29, 1.82) is 0 Å². The third-order valence-electron chi connectivity index (χ3n) is 2.52. The highest BCUT2D eigenvalue weighted by molar-refractivity contribution is 5.94. The summed E-state index contributed by atoms with van der Waals surface area (Å²) < 4.78 is 15.6. The summed E-state index contributed by atoms with van der Waals surface area (Å²) >= 11 is 0. The van der Waals surface area contributed by atoms with Gasteiger partial charge >= 0.3 is 0 Å². The Hall–Kier alpha value is -1.79. The Morgan fingerprint density at radius 2 is 2.11 bits per heavy atom. The van der Waals surface area contributed by atoms with Gasteiger partial charge in [-0.2, -0.15) is 0 Å². The molecule has 6 heteroatoms. The highest BCUT2D eigenvalue weighted by atomic mass is 16.5. The Balaban J connectivity index is 2.84. The summed E-state index contributed by atoms with van der Waals surface area (Å²) in [5.74, 6) is 0.893. The van der Waals surface area contributed by atoms with Crippen molar-refractivity contribution in [2.45, 2.75) is 13.0 Å². The fraction of sp³-hybridized carbons (Fsp3) is 0.462. The molecule has 0 aromatic heterocycles. The summed E-state index contributed by atoms with van der Waals surface area (Å²) in [4.78, 5) is 11.8. The number of nitrogens with one attached hydrogen (secondary N) is 1. The molecule has 0 aliphatic heterocycles. The first-order valence-corrected chi connectivity index (χ1v) is 6.00. The number of ether oxygens (including phenoxy) is 3. The van der Waals surface area contributed by atoms with E-state index in [1.54, 1.807) is 25.3 Å². The topological polar surface area (TPSA) is 82.8 Å². The van der Waals surface area contributed by atoms with E-state index in [-0.39, 0.29) is 12.5 Å². The maximum Gasteiger partial charge on any atom is 0.254 e. The Morgan fingerprint density at radius 3 is 2.63 bits per heavy atom. The molecule has 0 heterocycles. The van der Waals surface area contributed by atoms with E-state index in [4.69, 9.17) is 19.9 Å². The van der Waals surface area contributed by atoms with Crippen LogP contribution in [-0.2, 0) is 9.53 Å². The number of rotatable bonds is 7. The standard InChI is InChI=1S/C13H20N2O4/c1-4-19-11-7-9(5-6-10(11)17-2)15-13(16)12(8-14)18-3/h5-7,12H,4,8,14H2,1-3H3,(H,15,16). The Bertz CT molecular complexity index is 419. The van der Waals surface area contributed by atoms with Crippen LogP contribution in [-0.4, -0.2) is 39.4 Å². The smallest absolute Gasteiger partial charge is 0.254 e. The summed E-state index contributed by atoms with van der Waals surface area (Å²) in [6, 6.07) is 5.15. The number of carbonyl (C=O) groups excluding carboxylic acids is 1. The number of amides is 1. The molecule has 0 aliphatic rings. The van der Waals surface area contributed by atoms with Crippen LogP contribution in [0.5, 0.6) is 11.5 Å².